The number of rotatable bonds is 8. The third-order valence-electron chi connectivity index (χ3n) is 5.93. The normalized spacial score (nSPS) is 15.3. The number of hydrogen-bond donors (Lipinski definition) is 3. The number of ether oxygens (including phenoxy) is 2. The maximum Gasteiger partial charge on any atom is 0.410 e. The molecule has 2 unspecified atom stereocenters. The standard InChI is InChI=1S/C20H28F3N5O.C8H8O.C2H6O.2C2H6/c1-14(25-2)13-18(20(21,22)23)27-8-7-17(24)15-3-5-16(6-4-15)19(29)28-11-9-26-10-12-28;1-9-8-6-4-2-3-5-7-8;1-3-2;2*1-2/h3-8,14,18,25-26H,9-13,24H2,1-2H3;2,4,6H,7H2,1H3;1-2H3;2*1-2H3/b17-7-,27-8?;;;;. The minimum absolute atomic E-state index is 0.0474. The molecule has 0 saturated carbocycles. The van der Waals surface area contributed by atoms with Crippen LogP contribution in [0.4, 0.5) is 13.2 Å². The first-order valence-electron chi connectivity index (χ1n) is 15.2. The molecular formula is C34H54F3N5O3. The van der Waals surface area contributed by atoms with Crippen LogP contribution >= 0.6 is 0 Å². The lowest BCUT2D eigenvalue weighted by Gasteiger charge is -2.27. The summed E-state index contributed by atoms with van der Waals surface area (Å²) in [7, 11) is 6.52. The first-order chi connectivity index (χ1) is 21.6. The minimum Gasteiger partial charge on any atom is -0.500 e. The molecule has 2 aliphatic rings. The van der Waals surface area contributed by atoms with Crippen molar-refractivity contribution in [3.05, 3.63) is 65.5 Å². The number of amides is 1. The maximum atomic E-state index is 13.1. The molecule has 1 heterocycles. The fourth-order valence-corrected chi connectivity index (χ4v) is 3.51. The number of piperazine rings is 1. The number of halogens is 3. The summed E-state index contributed by atoms with van der Waals surface area (Å²) in [6.45, 7) is 12.5. The number of allylic oxidation sites excluding steroid dienone is 5. The number of alkyl halides is 3. The zero-order valence-corrected chi connectivity index (χ0v) is 28.4. The molecule has 3 rings (SSSR count). The third-order valence-corrected chi connectivity index (χ3v) is 5.93. The predicted octanol–water partition coefficient (Wildman–Crippen LogP) is 5.83. The smallest absolute Gasteiger partial charge is 0.410 e. The second kappa shape index (κ2) is 26.8. The Bertz CT molecular complexity index is 1100. The predicted molar refractivity (Wildman–Crippen MR) is 181 cm³/mol. The van der Waals surface area contributed by atoms with Crippen molar-refractivity contribution in [3.63, 3.8) is 0 Å². The van der Waals surface area contributed by atoms with Gasteiger partial charge in [-0.05, 0) is 56.3 Å². The van der Waals surface area contributed by atoms with Crippen LogP contribution in [0.5, 0.6) is 0 Å². The largest absolute Gasteiger partial charge is 0.500 e. The summed E-state index contributed by atoms with van der Waals surface area (Å²) in [6.07, 6.45) is 4.19. The quantitative estimate of drug-likeness (QED) is 0.245. The van der Waals surface area contributed by atoms with Gasteiger partial charge in [0.2, 0.25) is 0 Å². The van der Waals surface area contributed by atoms with Gasteiger partial charge in [0.25, 0.3) is 5.91 Å². The molecule has 1 aromatic rings. The van der Waals surface area contributed by atoms with Gasteiger partial charge in [-0.1, -0.05) is 57.7 Å². The molecule has 45 heavy (non-hydrogen) atoms. The number of hydrogen-bond acceptors (Lipinski definition) is 7. The van der Waals surface area contributed by atoms with Crippen molar-refractivity contribution in [2.24, 2.45) is 10.7 Å². The molecule has 0 aromatic heterocycles. The molecule has 1 amide bonds. The molecule has 8 nitrogen and oxygen atoms in total. The van der Waals surface area contributed by atoms with Crippen molar-refractivity contribution < 1.29 is 27.4 Å². The Hall–Kier alpha value is -3.59. The van der Waals surface area contributed by atoms with E-state index in [2.05, 4.69) is 32.2 Å². The number of methoxy groups -OCH3 is 2. The Morgan fingerprint density at radius 2 is 1.67 bits per heavy atom. The van der Waals surface area contributed by atoms with Crippen LogP contribution in [-0.2, 0) is 9.47 Å². The van der Waals surface area contributed by atoms with Crippen molar-refractivity contribution in [2.45, 2.75) is 65.7 Å². The van der Waals surface area contributed by atoms with Crippen molar-refractivity contribution in [1.82, 2.24) is 15.5 Å². The molecule has 0 radical (unpaired) electrons. The van der Waals surface area contributed by atoms with E-state index in [1.165, 1.54) is 6.08 Å². The van der Waals surface area contributed by atoms with Gasteiger partial charge in [-0.2, -0.15) is 13.2 Å². The van der Waals surface area contributed by atoms with Crippen molar-refractivity contribution >= 4 is 17.8 Å². The van der Waals surface area contributed by atoms with Gasteiger partial charge in [0.15, 0.2) is 0 Å². The van der Waals surface area contributed by atoms with Crippen LogP contribution in [0.1, 0.15) is 63.4 Å². The van der Waals surface area contributed by atoms with Gasteiger partial charge in [-0.15, -0.1) is 0 Å². The highest BCUT2D eigenvalue weighted by molar-refractivity contribution is 5.95. The van der Waals surface area contributed by atoms with Crippen LogP contribution in [0.3, 0.4) is 0 Å². The SMILES string of the molecule is CC.CC.CNC(C)CC(N=C/C=C(\N)c1ccc(C(=O)N2CCNCC2)cc1)C(F)(F)F.COC.COC1=CC=CC#CC1. The Kier molecular flexibility index (Phi) is 25.9. The second-order valence-corrected chi connectivity index (χ2v) is 9.12. The average Bonchev–Trinajstić information content (AvgIpc) is 3.35. The lowest BCUT2D eigenvalue weighted by atomic mass is 10.1. The van der Waals surface area contributed by atoms with E-state index in [1.807, 2.05) is 45.9 Å². The summed E-state index contributed by atoms with van der Waals surface area (Å²) < 4.78 is 48.5. The van der Waals surface area contributed by atoms with Gasteiger partial charge in [0.05, 0.1) is 13.5 Å². The van der Waals surface area contributed by atoms with Gasteiger partial charge < -0.3 is 30.7 Å². The molecule has 0 bridgehead atoms. The molecule has 254 valence electrons. The van der Waals surface area contributed by atoms with Gasteiger partial charge in [0, 0.05) is 63.9 Å². The van der Waals surface area contributed by atoms with Gasteiger partial charge >= 0.3 is 6.18 Å². The number of aliphatic imine (C=N–C) groups is 1. The van der Waals surface area contributed by atoms with Crippen molar-refractivity contribution in [1.29, 1.82) is 0 Å². The van der Waals surface area contributed by atoms with E-state index in [-0.39, 0.29) is 24.1 Å². The Morgan fingerprint density at radius 1 is 1.11 bits per heavy atom. The average molecular weight is 638 g/mol. The Labute approximate surface area is 269 Å². The summed E-state index contributed by atoms with van der Waals surface area (Å²) in [6, 6.07) is 4.59. The Balaban J connectivity index is 0. The molecule has 0 spiro atoms. The molecule has 11 heteroatoms. The number of carbonyl (C=O) groups excluding carboxylic acids is 1. The van der Waals surface area contributed by atoms with E-state index in [0.29, 0.717) is 24.2 Å². The van der Waals surface area contributed by atoms with E-state index >= 15 is 0 Å². The number of nitrogens with one attached hydrogen (secondary N) is 2. The fraction of sp³-hybridized carbons (Fsp3) is 0.529. The lowest BCUT2D eigenvalue weighted by Crippen LogP contribution is -2.46. The van der Waals surface area contributed by atoms with Crippen LogP contribution in [-0.4, -0.2) is 89.8 Å². The van der Waals surface area contributed by atoms with Gasteiger partial charge in [-0.25, -0.2) is 0 Å². The van der Waals surface area contributed by atoms with Crippen molar-refractivity contribution in [2.75, 3.05) is 54.6 Å². The number of nitrogens with two attached hydrogens (primary N) is 1. The first-order valence-corrected chi connectivity index (χ1v) is 15.2. The summed E-state index contributed by atoms with van der Waals surface area (Å²) >= 11 is 0. The van der Waals surface area contributed by atoms with E-state index in [9.17, 15) is 18.0 Å². The number of benzene rings is 1. The van der Waals surface area contributed by atoms with Crippen LogP contribution in [0, 0.1) is 11.8 Å². The van der Waals surface area contributed by atoms with E-state index in [0.717, 1.165) is 31.5 Å². The number of carbonyl (C=O) groups is 1. The number of nitrogens with zero attached hydrogens (tertiary/aromatic N) is 2. The third kappa shape index (κ3) is 19.4. The monoisotopic (exact) mass is 637 g/mol. The maximum absolute atomic E-state index is 13.1. The molecule has 1 fully saturated rings. The summed E-state index contributed by atoms with van der Waals surface area (Å²) in [5.74, 6) is 6.65. The van der Waals surface area contributed by atoms with Gasteiger partial charge in [-0.3, -0.25) is 9.79 Å². The zero-order valence-electron chi connectivity index (χ0n) is 28.4. The molecule has 1 saturated heterocycles. The zero-order chi connectivity index (χ0) is 34.7. The molecular weight excluding hydrogens is 583 g/mol. The molecule has 1 aliphatic heterocycles. The minimum atomic E-state index is -4.42. The molecule has 1 aromatic carbocycles. The van der Waals surface area contributed by atoms with Crippen molar-refractivity contribution in [3.8, 4) is 11.8 Å². The van der Waals surface area contributed by atoms with E-state index < -0.39 is 12.2 Å². The highest BCUT2D eigenvalue weighted by Crippen LogP contribution is 2.26. The highest BCUT2D eigenvalue weighted by atomic mass is 19.4. The topological polar surface area (TPSA) is 101 Å². The van der Waals surface area contributed by atoms with Crippen LogP contribution in [0.2, 0.25) is 0 Å². The summed E-state index contributed by atoms with van der Waals surface area (Å²) in [5.41, 5.74) is 7.40. The van der Waals surface area contributed by atoms with E-state index in [1.54, 1.807) is 64.5 Å². The van der Waals surface area contributed by atoms with Gasteiger partial charge in [0.1, 0.15) is 11.8 Å². The summed E-state index contributed by atoms with van der Waals surface area (Å²) in [5, 5.41) is 5.97. The fourth-order valence-electron chi connectivity index (χ4n) is 3.51. The van der Waals surface area contributed by atoms with E-state index in [4.69, 9.17) is 10.5 Å². The van der Waals surface area contributed by atoms with Crippen LogP contribution < -0.4 is 16.4 Å². The molecule has 1 aliphatic carbocycles. The summed E-state index contributed by atoms with van der Waals surface area (Å²) in [4.78, 5) is 17.9. The van der Waals surface area contributed by atoms with Crippen LogP contribution in [0.25, 0.3) is 5.70 Å². The lowest BCUT2D eigenvalue weighted by molar-refractivity contribution is -0.149. The van der Waals surface area contributed by atoms with Crippen LogP contribution in [0.15, 0.2) is 59.3 Å². The molecule has 4 N–H and O–H groups in total. The molecule has 2 atom stereocenters. The second-order valence-electron chi connectivity index (χ2n) is 9.12. The Morgan fingerprint density at radius 3 is 2.18 bits per heavy atom. The first kappa shape index (κ1) is 43.5. The highest BCUT2D eigenvalue weighted by Gasteiger charge is 2.39.